The summed E-state index contributed by atoms with van der Waals surface area (Å²) in [6.45, 7) is 6.61. The van der Waals surface area contributed by atoms with Crippen molar-refractivity contribution in [2.45, 2.75) is 57.2 Å². The zero-order valence-corrected chi connectivity index (χ0v) is 14.7. The van der Waals surface area contributed by atoms with Crippen molar-refractivity contribution in [3.8, 4) is 0 Å². The van der Waals surface area contributed by atoms with Crippen LogP contribution in [0, 0.1) is 0 Å². The van der Waals surface area contributed by atoms with Gasteiger partial charge in [-0.25, -0.2) is 4.79 Å². The van der Waals surface area contributed by atoms with E-state index in [0.29, 0.717) is 24.4 Å². The summed E-state index contributed by atoms with van der Waals surface area (Å²) in [4.78, 5) is 27.6. The van der Waals surface area contributed by atoms with Gasteiger partial charge in [0, 0.05) is 44.4 Å². The normalized spacial score (nSPS) is 26.5. The fraction of sp³-hybridized carbons (Fsp3) is 0.875. The molecule has 0 spiro atoms. The molecule has 0 aromatic rings. The number of hydrogen-bond donors (Lipinski definition) is 1. The number of carbonyl (C=O) groups excluding carboxylic acids is 2. The van der Waals surface area contributed by atoms with Crippen LogP contribution in [0.5, 0.6) is 0 Å². The maximum Gasteiger partial charge on any atom is 0.317 e. The lowest BCUT2D eigenvalue weighted by molar-refractivity contribution is -0.128. The molecule has 2 atom stereocenters. The second kappa shape index (κ2) is 8.65. The molecular formula is C16H29N3O2S. The van der Waals surface area contributed by atoms with Crippen molar-refractivity contribution < 1.29 is 9.59 Å². The van der Waals surface area contributed by atoms with Gasteiger partial charge in [0.2, 0.25) is 5.91 Å². The molecule has 1 saturated heterocycles. The Labute approximate surface area is 138 Å². The number of nitrogens with zero attached hydrogens (tertiary/aromatic N) is 2. The second-order valence-electron chi connectivity index (χ2n) is 6.24. The third-order valence-corrected chi connectivity index (χ3v) is 5.82. The van der Waals surface area contributed by atoms with Gasteiger partial charge >= 0.3 is 6.03 Å². The molecule has 0 aromatic heterocycles. The van der Waals surface area contributed by atoms with Gasteiger partial charge in [-0.15, -0.1) is 0 Å². The molecule has 1 aliphatic heterocycles. The third kappa shape index (κ3) is 5.07. The van der Waals surface area contributed by atoms with Crippen molar-refractivity contribution in [2.24, 2.45) is 0 Å². The molecule has 0 aromatic carbocycles. The predicted molar refractivity (Wildman–Crippen MR) is 91.2 cm³/mol. The first kappa shape index (κ1) is 17.4. The first-order chi connectivity index (χ1) is 10.6. The van der Waals surface area contributed by atoms with Gasteiger partial charge < -0.3 is 15.1 Å². The number of amides is 3. The van der Waals surface area contributed by atoms with Crippen LogP contribution in [0.15, 0.2) is 0 Å². The Balaban J connectivity index is 1.80. The SMILES string of the molecule is CCSC1CCCC(NC(=O)N2CCCN(C(C)=O)CC2)C1. The van der Waals surface area contributed by atoms with Crippen LogP contribution in [0.1, 0.15) is 46.0 Å². The van der Waals surface area contributed by atoms with Crippen LogP contribution < -0.4 is 5.32 Å². The summed E-state index contributed by atoms with van der Waals surface area (Å²) in [7, 11) is 0. The molecule has 0 radical (unpaired) electrons. The van der Waals surface area contributed by atoms with E-state index >= 15 is 0 Å². The number of nitrogens with one attached hydrogen (secondary N) is 1. The highest BCUT2D eigenvalue weighted by Crippen LogP contribution is 2.28. The number of rotatable bonds is 3. The zero-order valence-electron chi connectivity index (χ0n) is 13.8. The molecule has 0 bridgehead atoms. The molecule has 3 amide bonds. The Hall–Kier alpha value is -0.910. The Morgan fingerprint density at radius 1 is 1.09 bits per heavy atom. The molecule has 1 N–H and O–H groups in total. The fourth-order valence-corrected chi connectivity index (χ4v) is 4.54. The Morgan fingerprint density at radius 3 is 2.55 bits per heavy atom. The fourth-order valence-electron chi connectivity index (χ4n) is 3.36. The van der Waals surface area contributed by atoms with E-state index in [0.717, 1.165) is 38.1 Å². The minimum Gasteiger partial charge on any atom is -0.341 e. The van der Waals surface area contributed by atoms with E-state index in [-0.39, 0.29) is 11.9 Å². The quantitative estimate of drug-likeness (QED) is 0.865. The highest BCUT2D eigenvalue weighted by atomic mass is 32.2. The van der Waals surface area contributed by atoms with E-state index in [2.05, 4.69) is 12.2 Å². The first-order valence-electron chi connectivity index (χ1n) is 8.52. The summed E-state index contributed by atoms with van der Waals surface area (Å²) in [5.74, 6) is 1.26. The van der Waals surface area contributed by atoms with E-state index in [1.807, 2.05) is 21.6 Å². The molecule has 22 heavy (non-hydrogen) atoms. The van der Waals surface area contributed by atoms with Gasteiger partial charge in [0.05, 0.1) is 0 Å². The second-order valence-corrected chi connectivity index (χ2v) is 7.81. The van der Waals surface area contributed by atoms with Crippen molar-refractivity contribution in [2.75, 3.05) is 31.9 Å². The number of hydrogen-bond acceptors (Lipinski definition) is 3. The average molecular weight is 327 g/mol. The summed E-state index contributed by atoms with van der Waals surface area (Å²) in [6.07, 6.45) is 5.55. The number of carbonyl (C=O) groups is 2. The summed E-state index contributed by atoms with van der Waals surface area (Å²) in [5.41, 5.74) is 0. The highest BCUT2D eigenvalue weighted by Gasteiger charge is 2.26. The van der Waals surface area contributed by atoms with Crippen LogP contribution in [0.25, 0.3) is 0 Å². The zero-order chi connectivity index (χ0) is 15.9. The van der Waals surface area contributed by atoms with E-state index in [4.69, 9.17) is 0 Å². The summed E-state index contributed by atoms with van der Waals surface area (Å²) in [5, 5.41) is 3.91. The van der Waals surface area contributed by atoms with Gasteiger partial charge in [0.15, 0.2) is 0 Å². The van der Waals surface area contributed by atoms with Gasteiger partial charge in [0.25, 0.3) is 0 Å². The molecule has 2 rings (SSSR count). The maximum atomic E-state index is 12.5. The molecule has 1 heterocycles. The van der Waals surface area contributed by atoms with E-state index in [9.17, 15) is 9.59 Å². The lowest BCUT2D eigenvalue weighted by atomic mass is 9.95. The van der Waals surface area contributed by atoms with Crippen molar-refractivity contribution in [3.63, 3.8) is 0 Å². The summed E-state index contributed by atoms with van der Waals surface area (Å²) in [6, 6.07) is 0.370. The van der Waals surface area contributed by atoms with Gasteiger partial charge in [-0.2, -0.15) is 11.8 Å². The molecule has 5 nitrogen and oxygen atoms in total. The van der Waals surface area contributed by atoms with Crippen molar-refractivity contribution in [1.82, 2.24) is 15.1 Å². The Kier molecular flexibility index (Phi) is 6.86. The van der Waals surface area contributed by atoms with Crippen LogP contribution in [-0.2, 0) is 4.79 Å². The van der Waals surface area contributed by atoms with Crippen molar-refractivity contribution in [3.05, 3.63) is 0 Å². The van der Waals surface area contributed by atoms with Crippen LogP contribution in [-0.4, -0.2) is 65.0 Å². The van der Waals surface area contributed by atoms with Gasteiger partial charge in [-0.05, 0) is 31.4 Å². The minimum absolute atomic E-state index is 0.0533. The van der Waals surface area contributed by atoms with Crippen LogP contribution in [0.3, 0.4) is 0 Å². The molecule has 1 saturated carbocycles. The smallest absolute Gasteiger partial charge is 0.317 e. The molecule has 1 aliphatic carbocycles. The van der Waals surface area contributed by atoms with Crippen LogP contribution in [0.4, 0.5) is 4.79 Å². The maximum absolute atomic E-state index is 12.5. The van der Waals surface area contributed by atoms with Crippen LogP contribution >= 0.6 is 11.8 Å². The monoisotopic (exact) mass is 327 g/mol. The van der Waals surface area contributed by atoms with Gasteiger partial charge in [-0.1, -0.05) is 13.3 Å². The Bertz CT molecular complexity index is 390. The average Bonchev–Trinajstić information content (AvgIpc) is 2.74. The first-order valence-corrected chi connectivity index (χ1v) is 9.57. The molecule has 2 fully saturated rings. The lowest BCUT2D eigenvalue weighted by Gasteiger charge is -2.31. The van der Waals surface area contributed by atoms with E-state index in [1.165, 1.54) is 12.8 Å². The lowest BCUT2D eigenvalue weighted by Crippen LogP contribution is -2.47. The van der Waals surface area contributed by atoms with Crippen LogP contribution in [0.2, 0.25) is 0 Å². The molecule has 126 valence electrons. The summed E-state index contributed by atoms with van der Waals surface area (Å²) >= 11 is 2.02. The minimum atomic E-state index is 0.0533. The molecular weight excluding hydrogens is 298 g/mol. The van der Waals surface area contributed by atoms with E-state index in [1.54, 1.807) is 6.92 Å². The molecule has 2 unspecified atom stereocenters. The van der Waals surface area contributed by atoms with E-state index < -0.39 is 0 Å². The highest BCUT2D eigenvalue weighted by molar-refractivity contribution is 7.99. The standard InChI is InChI=1S/C16H29N3O2S/c1-3-22-15-7-4-6-14(12-15)17-16(21)19-9-5-8-18(10-11-19)13(2)20/h14-15H,3-12H2,1-2H3,(H,17,21). The largest absolute Gasteiger partial charge is 0.341 e. The van der Waals surface area contributed by atoms with Gasteiger partial charge in [0.1, 0.15) is 0 Å². The topological polar surface area (TPSA) is 52.7 Å². The molecule has 2 aliphatic rings. The summed E-state index contributed by atoms with van der Waals surface area (Å²) < 4.78 is 0. The number of urea groups is 1. The predicted octanol–water partition coefficient (Wildman–Crippen LogP) is 2.31. The third-order valence-electron chi connectivity index (χ3n) is 4.58. The van der Waals surface area contributed by atoms with Gasteiger partial charge in [-0.3, -0.25) is 4.79 Å². The Morgan fingerprint density at radius 2 is 1.82 bits per heavy atom. The molecule has 6 heteroatoms. The van der Waals surface area contributed by atoms with Crippen molar-refractivity contribution >= 4 is 23.7 Å². The van der Waals surface area contributed by atoms with Crippen molar-refractivity contribution in [1.29, 1.82) is 0 Å². The number of thioether (sulfide) groups is 1.